The monoisotopic (exact) mass is 229 g/mol. The fraction of sp³-hybridized carbons (Fsp3) is 0.818. The van der Waals surface area contributed by atoms with Crippen molar-refractivity contribution in [1.29, 1.82) is 0 Å². The Bertz CT molecular complexity index is 219. The summed E-state index contributed by atoms with van der Waals surface area (Å²) < 4.78 is 0. The van der Waals surface area contributed by atoms with E-state index in [9.17, 15) is 9.59 Å². The van der Waals surface area contributed by atoms with E-state index in [1.807, 2.05) is 6.92 Å². The maximum atomic E-state index is 11.7. The first kappa shape index (κ1) is 14.7. The van der Waals surface area contributed by atoms with E-state index in [-0.39, 0.29) is 18.5 Å². The Morgan fingerprint density at radius 1 is 1.19 bits per heavy atom. The van der Waals surface area contributed by atoms with Crippen molar-refractivity contribution in [3.05, 3.63) is 0 Å². The largest absolute Gasteiger partial charge is 0.358 e. The highest BCUT2D eigenvalue weighted by molar-refractivity contribution is 5.83. The third-order valence-corrected chi connectivity index (χ3v) is 2.20. The van der Waals surface area contributed by atoms with Crippen LogP contribution in [0.4, 0.5) is 4.79 Å². The number of nitrogens with zero attached hydrogens (tertiary/aromatic N) is 1. The van der Waals surface area contributed by atoms with Gasteiger partial charge in [-0.2, -0.15) is 0 Å². The summed E-state index contributed by atoms with van der Waals surface area (Å²) in [4.78, 5) is 24.4. The summed E-state index contributed by atoms with van der Waals surface area (Å²) in [6.45, 7) is 5.45. The third kappa shape index (κ3) is 6.27. The standard InChI is InChI=1S/C11H23N3O2/c1-4-6-7-13-11(16)14(8-5-2)9-10(15)12-3/h4-9H2,1-3H3,(H,12,15)(H,13,16). The molecule has 0 saturated heterocycles. The van der Waals surface area contributed by atoms with E-state index < -0.39 is 0 Å². The molecule has 16 heavy (non-hydrogen) atoms. The molecular formula is C11H23N3O2. The summed E-state index contributed by atoms with van der Waals surface area (Å²) in [6.07, 6.45) is 2.85. The van der Waals surface area contributed by atoms with Crippen molar-refractivity contribution in [2.45, 2.75) is 33.1 Å². The topological polar surface area (TPSA) is 61.4 Å². The molecule has 2 N–H and O–H groups in total. The second-order valence-electron chi connectivity index (χ2n) is 3.68. The zero-order valence-corrected chi connectivity index (χ0v) is 10.5. The lowest BCUT2D eigenvalue weighted by Gasteiger charge is -2.21. The first-order chi connectivity index (χ1) is 7.65. The Labute approximate surface area is 97.6 Å². The average molecular weight is 229 g/mol. The van der Waals surface area contributed by atoms with Crippen molar-refractivity contribution >= 4 is 11.9 Å². The molecule has 0 aromatic heterocycles. The van der Waals surface area contributed by atoms with Gasteiger partial charge in [-0.1, -0.05) is 20.3 Å². The predicted octanol–water partition coefficient (Wildman–Crippen LogP) is 0.954. The number of hydrogen-bond acceptors (Lipinski definition) is 2. The highest BCUT2D eigenvalue weighted by atomic mass is 16.2. The van der Waals surface area contributed by atoms with Crippen LogP contribution < -0.4 is 10.6 Å². The van der Waals surface area contributed by atoms with Crippen LogP contribution in [0.1, 0.15) is 33.1 Å². The van der Waals surface area contributed by atoms with Gasteiger partial charge in [-0.15, -0.1) is 0 Å². The Morgan fingerprint density at radius 2 is 1.88 bits per heavy atom. The molecule has 0 atom stereocenters. The normalized spacial score (nSPS) is 9.69. The van der Waals surface area contributed by atoms with Gasteiger partial charge >= 0.3 is 6.03 Å². The lowest BCUT2D eigenvalue weighted by molar-refractivity contribution is -0.121. The van der Waals surface area contributed by atoms with Gasteiger partial charge in [0.2, 0.25) is 5.91 Å². The van der Waals surface area contributed by atoms with Crippen molar-refractivity contribution in [3.63, 3.8) is 0 Å². The molecular weight excluding hydrogens is 206 g/mol. The highest BCUT2D eigenvalue weighted by Crippen LogP contribution is 1.93. The number of likely N-dealkylation sites (N-methyl/N-ethyl adjacent to an activating group) is 1. The van der Waals surface area contributed by atoms with E-state index >= 15 is 0 Å². The summed E-state index contributed by atoms with van der Waals surface area (Å²) in [6, 6.07) is -0.154. The molecule has 94 valence electrons. The molecule has 0 rings (SSSR count). The van der Waals surface area contributed by atoms with E-state index in [1.165, 1.54) is 4.90 Å². The van der Waals surface area contributed by atoms with Gasteiger partial charge in [0.25, 0.3) is 0 Å². The highest BCUT2D eigenvalue weighted by Gasteiger charge is 2.14. The molecule has 0 unspecified atom stereocenters. The molecule has 0 aliphatic heterocycles. The first-order valence-corrected chi connectivity index (χ1v) is 5.89. The van der Waals surface area contributed by atoms with Crippen LogP contribution in [0.25, 0.3) is 0 Å². The quantitative estimate of drug-likeness (QED) is 0.639. The summed E-state index contributed by atoms with van der Waals surface area (Å²) in [5.41, 5.74) is 0. The zero-order chi connectivity index (χ0) is 12.4. The maximum Gasteiger partial charge on any atom is 0.317 e. The lowest BCUT2D eigenvalue weighted by Crippen LogP contribution is -2.45. The summed E-state index contributed by atoms with van der Waals surface area (Å²) >= 11 is 0. The zero-order valence-electron chi connectivity index (χ0n) is 10.5. The molecule has 5 heteroatoms. The number of hydrogen-bond donors (Lipinski definition) is 2. The van der Waals surface area contributed by atoms with E-state index in [1.54, 1.807) is 7.05 Å². The number of carbonyl (C=O) groups excluding carboxylic acids is 2. The van der Waals surface area contributed by atoms with E-state index in [4.69, 9.17) is 0 Å². The van der Waals surface area contributed by atoms with Gasteiger partial charge in [0.05, 0.1) is 0 Å². The van der Waals surface area contributed by atoms with Crippen LogP contribution in [-0.2, 0) is 4.79 Å². The van der Waals surface area contributed by atoms with Crippen molar-refractivity contribution in [1.82, 2.24) is 15.5 Å². The Hall–Kier alpha value is -1.26. The average Bonchev–Trinajstić information content (AvgIpc) is 2.28. The van der Waals surface area contributed by atoms with Crippen LogP contribution in [-0.4, -0.2) is 43.5 Å². The predicted molar refractivity (Wildman–Crippen MR) is 64.2 cm³/mol. The van der Waals surface area contributed by atoms with Crippen LogP contribution in [0, 0.1) is 0 Å². The van der Waals surface area contributed by atoms with Crippen molar-refractivity contribution in [2.24, 2.45) is 0 Å². The Balaban J connectivity index is 4.07. The summed E-state index contributed by atoms with van der Waals surface area (Å²) in [7, 11) is 1.57. The van der Waals surface area contributed by atoms with Crippen LogP contribution in [0.15, 0.2) is 0 Å². The molecule has 0 aromatic rings. The Morgan fingerprint density at radius 3 is 2.38 bits per heavy atom. The molecule has 0 radical (unpaired) electrons. The molecule has 0 saturated carbocycles. The molecule has 5 nitrogen and oxygen atoms in total. The second-order valence-corrected chi connectivity index (χ2v) is 3.68. The molecule has 0 aliphatic rings. The maximum absolute atomic E-state index is 11.7. The number of amides is 3. The molecule has 0 aromatic carbocycles. The van der Waals surface area contributed by atoms with Crippen molar-refractivity contribution in [2.75, 3.05) is 26.7 Å². The number of unbranched alkanes of at least 4 members (excludes halogenated alkanes) is 1. The number of carbonyl (C=O) groups is 2. The van der Waals surface area contributed by atoms with Crippen LogP contribution in [0.2, 0.25) is 0 Å². The fourth-order valence-corrected chi connectivity index (χ4v) is 1.26. The molecule has 0 bridgehead atoms. The number of rotatable bonds is 7. The van der Waals surface area contributed by atoms with E-state index in [0.29, 0.717) is 13.1 Å². The van der Waals surface area contributed by atoms with Gasteiger partial charge in [-0.25, -0.2) is 4.79 Å². The number of nitrogens with one attached hydrogen (secondary N) is 2. The van der Waals surface area contributed by atoms with Gasteiger partial charge in [-0.05, 0) is 12.8 Å². The van der Waals surface area contributed by atoms with Gasteiger partial charge in [-0.3, -0.25) is 4.79 Å². The van der Waals surface area contributed by atoms with E-state index in [0.717, 1.165) is 19.3 Å². The SMILES string of the molecule is CCCCNC(=O)N(CCC)CC(=O)NC. The van der Waals surface area contributed by atoms with Gasteiger partial charge < -0.3 is 15.5 Å². The Kier molecular flexibility index (Phi) is 8.29. The fourth-order valence-electron chi connectivity index (χ4n) is 1.26. The van der Waals surface area contributed by atoms with Crippen LogP contribution in [0.5, 0.6) is 0 Å². The summed E-state index contributed by atoms with van der Waals surface area (Å²) in [5, 5.41) is 5.32. The molecule has 3 amide bonds. The molecule has 0 aliphatic carbocycles. The van der Waals surface area contributed by atoms with E-state index in [2.05, 4.69) is 17.6 Å². The van der Waals surface area contributed by atoms with Crippen molar-refractivity contribution < 1.29 is 9.59 Å². The minimum atomic E-state index is -0.154. The number of urea groups is 1. The minimum absolute atomic E-state index is 0.127. The molecule has 0 fully saturated rings. The third-order valence-electron chi connectivity index (χ3n) is 2.20. The van der Waals surface area contributed by atoms with Gasteiger partial charge in [0.15, 0.2) is 0 Å². The first-order valence-electron chi connectivity index (χ1n) is 5.89. The minimum Gasteiger partial charge on any atom is -0.358 e. The van der Waals surface area contributed by atoms with Gasteiger partial charge in [0, 0.05) is 20.1 Å². The van der Waals surface area contributed by atoms with Crippen molar-refractivity contribution in [3.8, 4) is 0 Å². The molecule has 0 heterocycles. The van der Waals surface area contributed by atoms with Crippen LogP contribution >= 0.6 is 0 Å². The smallest absolute Gasteiger partial charge is 0.317 e. The molecule has 0 spiro atoms. The van der Waals surface area contributed by atoms with Crippen LogP contribution in [0.3, 0.4) is 0 Å². The second kappa shape index (κ2) is 9.00. The summed E-state index contributed by atoms with van der Waals surface area (Å²) in [5.74, 6) is -0.140. The van der Waals surface area contributed by atoms with Gasteiger partial charge in [0.1, 0.15) is 6.54 Å². The lowest BCUT2D eigenvalue weighted by atomic mass is 10.3.